The van der Waals surface area contributed by atoms with Crippen LogP contribution in [0.25, 0.3) is 0 Å². The van der Waals surface area contributed by atoms with E-state index in [1.165, 1.54) is 19.4 Å². The second kappa shape index (κ2) is 13.3. The average molecular weight is 441 g/mol. The number of hydrogen-bond donors (Lipinski definition) is 8. The molecule has 10 N–H and O–H groups in total. The molecule has 1 rings (SSSR count). The molecule has 13 nitrogen and oxygen atoms in total. The van der Waals surface area contributed by atoms with Gasteiger partial charge in [0.05, 0.1) is 12.9 Å². The van der Waals surface area contributed by atoms with E-state index in [-0.39, 0.29) is 12.8 Å². The van der Waals surface area contributed by atoms with Crippen molar-refractivity contribution >= 4 is 23.7 Å². The molecule has 0 aromatic carbocycles. The molecule has 13 heteroatoms. The molecule has 0 spiro atoms. The normalized spacial score (nSPS) is 14.7. The number of rotatable bonds is 14. The molecule has 1 aromatic rings. The summed E-state index contributed by atoms with van der Waals surface area (Å²) in [7, 11) is 0. The van der Waals surface area contributed by atoms with Crippen LogP contribution in [0.15, 0.2) is 12.5 Å². The number of aliphatic hydroxyl groups is 1. The lowest BCUT2D eigenvalue weighted by Gasteiger charge is -2.23. The zero-order valence-corrected chi connectivity index (χ0v) is 17.3. The van der Waals surface area contributed by atoms with E-state index in [4.69, 9.17) is 16.6 Å². The van der Waals surface area contributed by atoms with Crippen LogP contribution in [-0.2, 0) is 25.6 Å². The molecule has 0 saturated heterocycles. The molecule has 1 aromatic heterocycles. The van der Waals surface area contributed by atoms with Gasteiger partial charge in [0.25, 0.3) is 0 Å². The monoisotopic (exact) mass is 441 g/mol. The van der Waals surface area contributed by atoms with Gasteiger partial charge in [-0.3, -0.25) is 14.4 Å². The summed E-state index contributed by atoms with van der Waals surface area (Å²) < 4.78 is 0. The Morgan fingerprint density at radius 1 is 1.10 bits per heavy atom. The van der Waals surface area contributed by atoms with Crippen molar-refractivity contribution in [3.05, 3.63) is 18.2 Å². The minimum Gasteiger partial charge on any atom is -0.480 e. The number of H-pyrrole nitrogens is 1. The predicted octanol–water partition coefficient (Wildman–Crippen LogP) is -3.04. The highest BCUT2D eigenvalue weighted by molar-refractivity contribution is 5.94. The number of aliphatic hydroxyl groups excluding tert-OH is 1. The number of aromatic nitrogens is 2. The van der Waals surface area contributed by atoms with Gasteiger partial charge in [-0.05, 0) is 32.7 Å². The van der Waals surface area contributed by atoms with Crippen LogP contribution in [0.4, 0.5) is 0 Å². The van der Waals surface area contributed by atoms with Crippen LogP contribution in [0, 0.1) is 0 Å². The molecule has 174 valence electrons. The van der Waals surface area contributed by atoms with Gasteiger partial charge in [0.2, 0.25) is 17.7 Å². The van der Waals surface area contributed by atoms with Crippen LogP contribution >= 0.6 is 0 Å². The highest BCUT2D eigenvalue weighted by Crippen LogP contribution is 2.04. The lowest BCUT2D eigenvalue weighted by molar-refractivity contribution is -0.142. The van der Waals surface area contributed by atoms with Crippen LogP contribution in [-0.4, -0.2) is 81.2 Å². The molecule has 0 radical (unpaired) electrons. The number of carbonyl (C=O) groups excluding carboxylic acids is 3. The fourth-order valence-corrected chi connectivity index (χ4v) is 2.61. The quantitative estimate of drug-likeness (QED) is 0.137. The number of nitrogens with one attached hydrogen (secondary N) is 4. The largest absolute Gasteiger partial charge is 0.480 e. The van der Waals surface area contributed by atoms with E-state index in [2.05, 4.69) is 25.9 Å². The van der Waals surface area contributed by atoms with Crippen molar-refractivity contribution in [2.75, 3.05) is 13.2 Å². The van der Waals surface area contributed by atoms with Gasteiger partial charge in [-0.2, -0.15) is 0 Å². The number of aliphatic carboxylic acids is 1. The van der Waals surface area contributed by atoms with Crippen molar-refractivity contribution in [1.29, 1.82) is 0 Å². The van der Waals surface area contributed by atoms with E-state index in [0.717, 1.165) is 0 Å². The van der Waals surface area contributed by atoms with Crippen molar-refractivity contribution < 1.29 is 29.4 Å². The van der Waals surface area contributed by atoms with Gasteiger partial charge in [-0.25, -0.2) is 9.78 Å². The molecule has 4 unspecified atom stereocenters. The summed E-state index contributed by atoms with van der Waals surface area (Å²) in [4.78, 5) is 55.2. The first-order valence-electron chi connectivity index (χ1n) is 9.87. The van der Waals surface area contributed by atoms with Crippen molar-refractivity contribution in [2.45, 2.75) is 56.8 Å². The summed E-state index contributed by atoms with van der Waals surface area (Å²) in [6, 6.07) is -4.51. The maximum Gasteiger partial charge on any atom is 0.326 e. The fraction of sp³-hybridized carbons (Fsp3) is 0.611. The maximum absolute atomic E-state index is 12.8. The van der Waals surface area contributed by atoms with Gasteiger partial charge < -0.3 is 42.6 Å². The van der Waals surface area contributed by atoms with E-state index < -0.39 is 54.5 Å². The van der Waals surface area contributed by atoms with E-state index in [1.54, 1.807) is 0 Å². The van der Waals surface area contributed by atoms with Crippen LogP contribution in [0.3, 0.4) is 0 Å². The summed E-state index contributed by atoms with van der Waals surface area (Å²) >= 11 is 0. The third-order valence-electron chi connectivity index (χ3n) is 4.46. The Hall–Kier alpha value is -3.03. The Bertz CT molecular complexity index is 727. The number of hydrogen-bond acceptors (Lipinski definition) is 8. The van der Waals surface area contributed by atoms with Crippen molar-refractivity contribution in [3.8, 4) is 0 Å². The molecule has 0 fully saturated rings. The first-order chi connectivity index (χ1) is 14.7. The van der Waals surface area contributed by atoms with Crippen LogP contribution in [0.1, 0.15) is 31.9 Å². The predicted molar refractivity (Wildman–Crippen MR) is 109 cm³/mol. The van der Waals surface area contributed by atoms with E-state index in [9.17, 15) is 24.3 Å². The molecule has 0 saturated carbocycles. The molecule has 0 bridgehead atoms. The number of unbranched alkanes of at least 4 members (excludes halogenated alkanes) is 1. The minimum atomic E-state index is -1.20. The number of imidazole rings is 1. The first kappa shape index (κ1) is 26.0. The topological polar surface area (TPSA) is 226 Å². The standard InChI is InChI=1S/C18H31N7O6/c1-10(23-16(28)12(20)8-26)15(27)25-14(6-11-7-21-9-22-11)17(29)24-13(18(30)31)4-2-3-5-19/h7,9-10,12-14,26H,2-6,8,19-20H2,1H3,(H,21,22)(H,23,28)(H,24,29)(H,25,27)(H,30,31). The minimum absolute atomic E-state index is 0.0174. The summed E-state index contributed by atoms with van der Waals surface area (Å²) in [5.41, 5.74) is 11.4. The zero-order chi connectivity index (χ0) is 23.4. The molecule has 0 aliphatic carbocycles. The fourth-order valence-electron chi connectivity index (χ4n) is 2.61. The van der Waals surface area contributed by atoms with E-state index in [1.807, 2.05) is 0 Å². The van der Waals surface area contributed by atoms with Crippen molar-refractivity contribution in [1.82, 2.24) is 25.9 Å². The second-order valence-electron chi connectivity index (χ2n) is 7.05. The lowest BCUT2D eigenvalue weighted by Crippen LogP contribution is -2.57. The molecule has 3 amide bonds. The number of nitrogens with zero attached hydrogens (tertiary/aromatic N) is 1. The number of carboxylic acids is 1. The van der Waals surface area contributed by atoms with Gasteiger partial charge in [0.1, 0.15) is 24.2 Å². The molecular formula is C18H31N7O6. The number of amides is 3. The highest BCUT2D eigenvalue weighted by atomic mass is 16.4. The Morgan fingerprint density at radius 3 is 2.32 bits per heavy atom. The Labute approximate surface area is 179 Å². The summed E-state index contributed by atoms with van der Waals surface area (Å²) in [5, 5.41) is 25.6. The SMILES string of the molecule is CC(NC(=O)C(N)CO)C(=O)NC(Cc1cnc[nH]1)C(=O)NC(CCCCN)C(=O)O. The summed E-state index contributed by atoms with van der Waals surface area (Å²) in [5.74, 6) is -3.32. The van der Waals surface area contributed by atoms with Gasteiger partial charge in [0, 0.05) is 18.3 Å². The number of carbonyl (C=O) groups is 4. The number of aromatic amines is 1. The average Bonchev–Trinajstić information content (AvgIpc) is 3.24. The number of carboxylic acid groups (broad SMARTS) is 1. The van der Waals surface area contributed by atoms with Gasteiger partial charge in [0.15, 0.2) is 0 Å². The zero-order valence-electron chi connectivity index (χ0n) is 17.3. The van der Waals surface area contributed by atoms with Gasteiger partial charge in [-0.15, -0.1) is 0 Å². The molecule has 31 heavy (non-hydrogen) atoms. The second-order valence-corrected chi connectivity index (χ2v) is 7.05. The molecule has 0 aliphatic rings. The molecular weight excluding hydrogens is 410 g/mol. The van der Waals surface area contributed by atoms with Gasteiger partial charge in [-0.1, -0.05) is 0 Å². The first-order valence-corrected chi connectivity index (χ1v) is 9.87. The smallest absolute Gasteiger partial charge is 0.326 e. The Kier molecular flexibility index (Phi) is 11.2. The highest BCUT2D eigenvalue weighted by Gasteiger charge is 2.29. The number of nitrogens with two attached hydrogens (primary N) is 2. The van der Waals surface area contributed by atoms with Crippen LogP contribution in [0.2, 0.25) is 0 Å². The molecule has 4 atom stereocenters. The van der Waals surface area contributed by atoms with E-state index >= 15 is 0 Å². The van der Waals surface area contributed by atoms with E-state index in [0.29, 0.717) is 25.1 Å². The molecule has 1 heterocycles. The van der Waals surface area contributed by atoms with Crippen molar-refractivity contribution in [3.63, 3.8) is 0 Å². The van der Waals surface area contributed by atoms with Crippen molar-refractivity contribution in [2.24, 2.45) is 11.5 Å². The van der Waals surface area contributed by atoms with Crippen LogP contribution in [0.5, 0.6) is 0 Å². The van der Waals surface area contributed by atoms with Gasteiger partial charge >= 0.3 is 5.97 Å². The Morgan fingerprint density at radius 2 is 1.77 bits per heavy atom. The Balaban J connectivity index is 2.85. The third-order valence-corrected chi connectivity index (χ3v) is 4.46. The van der Waals surface area contributed by atoms with Crippen LogP contribution < -0.4 is 27.4 Å². The summed E-state index contributed by atoms with van der Waals surface area (Å²) in [6.07, 6.45) is 4.20. The summed E-state index contributed by atoms with van der Waals surface area (Å²) in [6.45, 7) is 1.20. The maximum atomic E-state index is 12.8. The molecule has 0 aliphatic heterocycles. The third kappa shape index (κ3) is 9.11. The lowest BCUT2D eigenvalue weighted by atomic mass is 10.1.